The van der Waals surface area contributed by atoms with Gasteiger partial charge in [0.1, 0.15) is 5.82 Å². The average Bonchev–Trinajstić information content (AvgIpc) is 3.31. The fourth-order valence-electron chi connectivity index (χ4n) is 5.37. The summed E-state index contributed by atoms with van der Waals surface area (Å²) in [4.78, 5) is 35.8. The largest absolute Gasteiger partial charge is 0.325 e. The summed E-state index contributed by atoms with van der Waals surface area (Å²) in [5.74, 6) is -0.821. The quantitative estimate of drug-likeness (QED) is 0.288. The van der Waals surface area contributed by atoms with E-state index in [9.17, 15) is 14.0 Å². The summed E-state index contributed by atoms with van der Waals surface area (Å²) in [5, 5.41) is 8.65. The van der Waals surface area contributed by atoms with Gasteiger partial charge >= 0.3 is 0 Å². The number of hydrogen-bond acceptors (Lipinski definition) is 5. The molecule has 6 rings (SSSR count). The lowest BCUT2D eigenvalue weighted by Gasteiger charge is -2.23. The van der Waals surface area contributed by atoms with Gasteiger partial charge in [0.25, 0.3) is 5.56 Å². The highest BCUT2D eigenvalue weighted by Crippen LogP contribution is 2.34. The molecule has 0 radical (unpaired) electrons. The van der Waals surface area contributed by atoms with Crippen LogP contribution in [0.3, 0.4) is 0 Å². The van der Waals surface area contributed by atoms with Crippen molar-refractivity contribution in [3.63, 3.8) is 0 Å². The highest BCUT2D eigenvalue weighted by molar-refractivity contribution is 6.31. The third-order valence-electron chi connectivity index (χ3n) is 7.48. The minimum Gasteiger partial charge on any atom is -0.325 e. The SMILES string of the molecule is CC1CCCC(n2cnc(-c3cc(Cl)cc4cnn(C)c34)cc2=O)c2cc(ccn2)-c2cc(F)ccc2NC1=O. The number of aromatic nitrogens is 5. The normalized spacial score (nSPS) is 17.6. The standard InChI is InChI=1S/C30H26ClFN6O2/c1-17-4-3-5-27(26-11-18(8-9-33-26)22-13-21(32)6-7-24(22)36-30(17)40)38-16-34-25(14-28(38)39)23-12-20(31)10-19-15-35-37(2)29(19)23/h6-17,27H,3-5H2,1-2H3,(H,36,40). The Morgan fingerprint density at radius 1 is 1.02 bits per heavy atom. The first kappa shape index (κ1) is 25.9. The molecule has 3 aromatic heterocycles. The number of halogens is 2. The van der Waals surface area contributed by atoms with Crippen LogP contribution in [0.15, 0.2) is 72.0 Å². The maximum atomic E-state index is 14.3. The summed E-state index contributed by atoms with van der Waals surface area (Å²) >= 11 is 6.36. The van der Waals surface area contributed by atoms with Crippen molar-refractivity contribution in [3.8, 4) is 22.4 Å². The molecular formula is C30H26ClFN6O2. The van der Waals surface area contributed by atoms with Gasteiger partial charge in [0.05, 0.1) is 35.5 Å². The van der Waals surface area contributed by atoms with Crippen molar-refractivity contribution in [1.29, 1.82) is 0 Å². The first-order valence-corrected chi connectivity index (χ1v) is 13.4. The summed E-state index contributed by atoms with van der Waals surface area (Å²) < 4.78 is 17.6. The second kappa shape index (κ2) is 10.3. The van der Waals surface area contributed by atoms with Crippen molar-refractivity contribution in [2.75, 3.05) is 5.32 Å². The van der Waals surface area contributed by atoms with E-state index >= 15 is 0 Å². The number of amides is 1. The molecule has 2 aromatic carbocycles. The van der Waals surface area contributed by atoms with E-state index in [-0.39, 0.29) is 17.4 Å². The first-order chi connectivity index (χ1) is 19.3. The molecule has 1 aliphatic heterocycles. The van der Waals surface area contributed by atoms with Gasteiger partial charge in [0.2, 0.25) is 5.91 Å². The molecule has 2 atom stereocenters. The highest BCUT2D eigenvalue weighted by atomic mass is 35.5. The Kier molecular flexibility index (Phi) is 6.67. The van der Waals surface area contributed by atoms with Crippen LogP contribution in [0.2, 0.25) is 5.02 Å². The zero-order chi connectivity index (χ0) is 28.0. The van der Waals surface area contributed by atoms with E-state index in [1.807, 2.05) is 26.1 Å². The van der Waals surface area contributed by atoms with Crippen LogP contribution in [0.5, 0.6) is 0 Å². The molecule has 0 aliphatic carbocycles. The molecule has 8 nitrogen and oxygen atoms in total. The predicted octanol–water partition coefficient (Wildman–Crippen LogP) is 6.00. The lowest BCUT2D eigenvalue weighted by Crippen LogP contribution is -2.27. The molecule has 1 amide bonds. The molecule has 2 unspecified atom stereocenters. The van der Waals surface area contributed by atoms with Crippen LogP contribution in [0.25, 0.3) is 33.3 Å². The summed E-state index contributed by atoms with van der Waals surface area (Å²) in [6, 6.07) is 12.6. The van der Waals surface area contributed by atoms with Crippen molar-refractivity contribution < 1.29 is 9.18 Å². The van der Waals surface area contributed by atoms with Gasteiger partial charge in [-0.3, -0.25) is 23.8 Å². The van der Waals surface area contributed by atoms with Crippen LogP contribution in [-0.2, 0) is 11.8 Å². The third kappa shape index (κ3) is 4.77. The summed E-state index contributed by atoms with van der Waals surface area (Å²) in [6.07, 6.45) is 6.75. The number of nitrogens with one attached hydrogen (secondary N) is 1. The van der Waals surface area contributed by atoms with Gasteiger partial charge in [0, 0.05) is 52.5 Å². The molecule has 0 fully saturated rings. The highest BCUT2D eigenvalue weighted by Gasteiger charge is 2.23. The second-order valence-corrected chi connectivity index (χ2v) is 10.6. The Hall–Kier alpha value is -4.37. The van der Waals surface area contributed by atoms with Crippen molar-refractivity contribution in [3.05, 3.63) is 94.1 Å². The van der Waals surface area contributed by atoms with Gasteiger partial charge in [-0.15, -0.1) is 0 Å². The number of benzene rings is 2. The van der Waals surface area contributed by atoms with Crippen molar-refractivity contribution in [2.24, 2.45) is 13.0 Å². The summed E-state index contributed by atoms with van der Waals surface area (Å²) in [5.41, 5.74) is 4.19. The first-order valence-electron chi connectivity index (χ1n) is 13.0. The van der Waals surface area contributed by atoms with Gasteiger partial charge in [-0.25, -0.2) is 9.37 Å². The lowest BCUT2D eigenvalue weighted by molar-refractivity contribution is -0.119. The number of rotatable bonds is 2. The van der Waals surface area contributed by atoms with E-state index in [2.05, 4.69) is 20.4 Å². The molecular weight excluding hydrogens is 531 g/mol. The molecule has 5 aromatic rings. The van der Waals surface area contributed by atoms with Crippen LogP contribution in [0.4, 0.5) is 10.1 Å². The fraction of sp³-hybridized carbons (Fsp3) is 0.233. The van der Waals surface area contributed by atoms with Gasteiger partial charge in [-0.05, 0) is 60.9 Å². The molecule has 1 N–H and O–H groups in total. The number of hydrogen-bond donors (Lipinski definition) is 1. The number of carbonyl (C=O) groups is 1. The number of carbonyl (C=O) groups excluding carboxylic acids is 1. The van der Waals surface area contributed by atoms with E-state index in [1.54, 1.807) is 39.8 Å². The third-order valence-corrected chi connectivity index (χ3v) is 7.70. The maximum Gasteiger partial charge on any atom is 0.254 e. The zero-order valence-corrected chi connectivity index (χ0v) is 22.7. The van der Waals surface area contributed by atoms with Crippen LogP contribution in [-0.4, -0.2) is 30.2 Å². The Morgan fingerprint density at radius 3 is 2.70 bits per heavy atom. The van der Waals surface area contributed by atoms with E-state index in [0.717, 1.165) is 10.9 Å². The predicted molar refractivity (Wildman–Crippen MR) is 153 cm³/mol. The molecule has 2 bridgehead atoms. The summed E-state index contributed by atoms with van der Waals surface area (Å²) in [7, 11) is 1.83. The number of fused-ring (bicyclic) bond motifs is 5. The van der Waals surface area contributed by atoms with E-state index in [0.29, 0.717) is 58.1 Å². The Balaban J connectivity index is 1.46. The van der Waals surface area contributed by atoms with Crippen LogP contribution >= 0.6 is 11.6 Å². The van der Waals surface area contributed by atoms with Gasteiger partial charge < -0.3 is 5.32 Å². The Bertz CT molecular complexity index is 1830. The zero-order valence-electron chi connectivity index (χ0n) is 21.9. The molecule has 40 heavy (non-hydrogen) atoms. The lowest BCUT2D eigenvalue weighted by atomic mass is 9.95. The smallest absolute Gasteiger partial charge is 0.254 e. The van der Waals surface area contributed by atoms with Crippen molar-refractivity contribution in [1.82, 2.24) is 24.3 Å². The molecule has 202 valence electrons. The van der Waals surface area contributed by atoms with Gasteiger partial charge in [-0.1, -0.05) is 24.9 Å². The minimum atomic E-state index is -0.434. The second-order valence-electron chi connectivity index (χ2n) is 10.2. The van der Waals surface area contributed by atoms with E-state index < -0.39 is 11.9 Å². The number of nitrogens with zero attached hydrogens (tertiary/aromatic N) is 5. The van der Waals surface area contributed by atoms with Crippen molar-refractivity contribution >= 4 is 34.1 Å². The molecule has 0 saturated carbocycles. The van der Waals surface area contributed by atoms with Gasteiger partial charge in [-0.2, -0.15) is 5.10 Å². The van der Waals surface area contributed by atoms with E-state index in [4.69, 9.17) is 11.6 Å². The monoisotopic (exact) mass is 556 g/mol. The Morgan fingerprint density at radius 2 is 1.88 bits per heavy atom. The van der Waals surface area contributed by atoms with Crippen LogP contribution in [0, 0.1) is 11.7 Å². The van der Waals surface area contributed by atoms with Gasteiger partial charge in [0.15, 0.2) is 0 Å². The summed E-state index contributed by atoms with van der Waals surface area (Å²) in [6.45, 7) is 1.86. The van der Waals surface area contributed by atoms with Crippen LogP contribution in [0.1, 0.15) is 37.9 Å². The minimum absolute atomic E-state index is 0.134. The van der Waals surface area contributed by atoms with Crippen LogP contribution < -0.4 is 10.9 Å². The maximum absolute atomic E-state index is 14.3. The molecule has 0 spiro atoms. The topological polar surface area (TPSA) is 94.7 Å². The molecule has 10 heteroatoms. The molecule has 0 saturated heterocycles. The fourth-order valence-corrected chi connectivity index (χ4v) is 5.60. The number of aryl methyl sites for hydroxylation is 1. The number of pyridine rings is 1. The average molecular weight is 557 g/mol. The van der Waals surface area contributed by atoms with E-state index in [1.165, 1.54) is 24.5 Å². The van der Waals surface area contributed by atoms with Crippen molar-refractivity contribution in [2.45, 2.75) is 32.2 Å². The Labute approximate surface area is 234 Å². The molecule has 4 heterocycles. The molecule has 1 aliphatic rings. The number of anilines is 1.